The van der Waals surface area contributed by atoms with Crippen LogP contribution in [0.5, 0.6) is 0 Å². The van der Waals surface area contributed by atoms with Crippen molar-refractivity contribution < 1.29 is 9.53 Å². The van der Waals surface area contributed by atoms with Crippen molar-refractivity contribution >= 4 is 8.32 Å². The molecule has 0 fully saturated rings. The van der Waals surface area contributed by atoms with Crippen LogP contribution >= 0.6 is 0 Å². The first-order chi connectivity index (χ1) is 7.81. The molecule has 1 N–H and O–H groups in total. The Balaban J connectivity index is 3.63. The van der Waals surface area contributed by atoms with Crippen LogP contribution in [0, 0.1) is 11.8 Å². The zero-order chi connectivity index (χ0) is 13.4. The Morgan fingerprint density at radius 3 is 2.18 bits per heavy atom. The topological polar surface area (TPSA) is 29.5 Å². The Hall–Kier alpha value is -0.303. The maximum absolute atomic E-state index is 8.55. The molecule has 17 heavy (non-hydrogen) atoms. The molecule has 0 saturated carbocycles. The fraction of sp³-hybridized carbons (Fsp3) is 0.857. The molecule has 0 aliphatic heterocycles. The van der Waals surface area contributed by atoms with Gasteiger partial charge in [-0.05, 0) is 31.0 Å². The van der Waals surface area contributed by atoms with Crippen LogP contribution in [-0.2, 0) is 4.43 Å². The highest BCUT2D eigenvalue weighted by Gasteiger charge is 2.36. The lowest BCUT2D eigenvalue weighted by atomic mass is 10.2. The highest BCUT2D eigenvalue weighted by Crippen LogP contribution is 2.36. The fourth-order valence-electron chi connectivity index (χ4n) is 1.09. The van der Waals surface area contributed by atoms with Crippen molar-refractivity contribution in [3.63, 3.8) is 0 Å². The molecule has 0 unspecified atom stereocenters. The summed E-state index contributed by atoms with van der Waals surface area (Å²) in [6.45, 7) is 12.4. The Labute approximate surface area is 108 Å². The number of rotatable bonds is 6. The molecule has 0 atom stereocenters. The van der Waals surface area contributed by atoms with Crippen LogP contribution in [0.15, 0.2) is 0 Å². The van der Waals surface area contributed by atoms with Crippen LogP contribution in [-0.4, -0.2) is 26.6 Å². The van der Waals surface area contributed by atoms with Crippen LogP contribution in [0.1, 0.15) is 46.5 Å². The van der Waals surface area contributed by atoms with E-state index in [9.17, 15) is 0 Å². The summed E-state index contributed by atoms with van der Waals surface area (Å²) in [6, 6.07) is 0. The van der Waals surface area contributed by atoms with Crippen LogP contribution in [0.2, 0.25) is 18.1 Å². The molecule has 2 nitrogen and oxygen atoms in total. The monoisotopic (exact) mass is 256 g/mol. The summed E-state index contributed by atoms with van der Waals surface area (Å²) < 4.78 is 6.07. The van der Waals surface area contributed by atoms with E-state index in [0.29, 0.717) is 11.5 Å². The van der Waals surface area contributed by atoms with Gasteiger partial charge in [0.1, 0.15) is 0 Å². The number of unbranched alkanes of at least 4 members (excludes halogenated alkanes) is 2. The third-order valence-corrected chi connectivity index (χ3v) is 7.87. The lowest BCUT2D eigenvalue weighted by molar-refractivity contribution is 0.280. The summed E-state index contributed by atoms with van der Waals surface area (Å²) >= 11 is 0. The molecule has 0 bridgehead atoms. The van der Waals surface area contributed by atoms with Crippen molar-refractivity contribution in [3.8, 4) is 11.8 Å². The second-order valence-corrected chi connectivity index (χ2v) is 10.7. The zero-order valence-electron chi connectivity index (χ0n) is 12.1. The Kier molecular flexibility index (Phi) is 7.77. The average Bonchev–Trinajstić information content (AvgIpc) is 2.20. The van der Waals surface area contributed by atoms with Gasteiger partial charge in [0.25, 0.3) is 0 Å². The van der Waals surface area contributed by atoms with Crippen molar-refractivity contribution in [3.05, 3.63) is 0 Å². The van der Waals surface area contributed by atoms with Crippen LogP contribution in [0.4, 0.5) is 0 Å². The molecule has 0 aromatic carbocycles. The van der Waals surface area contributed by atoms with Gasteiger partial charge >= 0.3 is 0 Å². The molecular weight excluding hydrogens is 228 g/mol. The minimum atomic E-state index is -1.56. The lowest BCUT2D eigenvalue weighted by Gasteiger charge is -2.36. The maximum atomic E-state index is 8.55. The summed E-state index contributed by atoms with van der Waals surface area (Å²) in [6.07, 6.45) is 3.69. The molecule has 3 heteroatoms. The molecule has 100 valence electrons. The SMILES string of the molecule is CC(C)(C)[Si](C)(C)OCCCCC#CCCO. The first-order valence-electron chi connectivity index (χ1n) is 6.52. The number of hydrogen-bond acceptors (Lipinski definition) is 2. The first-order valence-corrected chi connectivity index (χ1v) is 9.42. The van der Waals surface area contributed by atoms with Crippen molar-refractivity contribution in [1.29, 1.82) is 0 Å². The van der Waals surface area contributed by atoms with E-state index in [1.807, 2.05) is 0 Å². The molecule has 0 radical (unpaired) electrons. The molecule has 0 aromatic rings. The summed E-state index contributed by atoms with van der Waals surface area (Å²) in [7, 11) is -1.56. The van der Waals surface area contributed by atoms with E-state index < -0.39 is 8.32 Å². The van der Waals surface area contributed by atoms with Gasteiger partial charge in [0.05, 0.1) is 6.61 Å². The molecule has 0 spiro atoms. The molecule has 0 aromatic heterocycles. The molecule has 0 amide bonds. The van der Waals surface area contributed by atoms with E-state index in [0.717, 1.165) is 25.9 Å². The fourth-order valence-corrected chi connectivity index (χ4v) is 2.18. The summed E-state index contributed by atoms with van der Waals surface area (Å²) in [5.74, 6) is 5.99. The molecular formula is C14H28O2Si. The van der Waals surface area contributed by atoms with Gasteiger partial charge in [-0.15, -0.1) is 11.8 Å². The Morgan fingerprint density at radius 1 is 1.06 bits per heavy atom. The molecule has 0 aliphatic carbocycles. The predicted molar refractivity (Wildman–Crippen MR) is 76.5 cm³/mol. The first kappa shape index (κ1) is 16.7. The van der Waals surface area contributed by atoms with Crippen LogP contribution in [0.3, 0.4) is 0 Å². The third-order valence-electron chi connectivity index (χ3n) is 3.33. The van der Waals surface area contributed by atoms with Crippen LogP contribution in [0.25, 0.3) is 0 Å². The summed E-state index contributed by atoms with van der Waals surface area (Å²) in [5, 5.41) is 8.85. The standard InChI is InChI=1S/C14H28O2Si/c1-14(2,3)17(4,5)16-13-11-9-7-6-8-10-12-15/h15H,7,9-13H2,1-5H3. The molecule has 0 aliphatic rings. The van der Waals surface area contributed by atoms with Gasteiger partial charge in [-0.2, -0.15) is 0 Å². The van der Waals surface area contributed by atoms with E-state index in [4.69, 9.17) is 9.53 Å². The van der Waals surface area contributed by atoms with Gasteiger partial charge in [-0.1, -0.05) is 20.8 Å². The number of aliphatic hydroxyl groups excluding tert-OH is 1. The number of aliphatic hydroxyl groups is 1. The van der Waals surface area contributed by atoms with Crippen LogP contribution < -0.4 is 0 Å². The van der Waals surface area contributed by atoms with Gasteiger partial charge in [-0.25, -0.2) is 0 Å². The molecule has 0 rings (SSSR count). The highest BCUT2D eigenvalue weighted by molar-refractivity contribution is 6.74. The van der Waals surface area contributed by atoms with Crippen molar-refractivity contribution in [2.45, 2.75) is 64.6 Å². The Bertz CT molecular complexity index is 256. The second-order valence-electron chi connectivity index (χ2n) is 5.89. The molecule has 0 heterocycles. The van der Waals surface area contributed by atoms with E-state index in [-0.39, 0.29) is 6.61 Å². The maximum Gasteiger partial charge on any atom is 0.191 e. The minimum absolute atomic E-state index is 0.168. The lowest BCUT2D eigenvalue weighted by Crippen LogP contribution is -2.40. The van der Waals surface area contributed by atoms with Gasteiger partial charge in [0, 0.05) is 19.4 Å². The van der Waals surface area contributed by atoms with Gasteiger partial charge < -0.3 is 9.53 Å². The third kappa shape index (κ3) is 7.59. The van der Waals surface area contributed by atoms with Gasteiger partial charge in [-0.3, -0.25) is 0 Å². The largest absolute Gasteiger partial charge is 0.417 e. The number of hydrogen-bond donors (Lipinski definition) is 1. The van der Waals surface area contributed by atoms with E-state index in [2.05, 4.69) is 45.7 Å². The summed E-state index contributed by atoms with van der Waals surface area (Å²) in [5.41, 5.74) is 0. The van der Waals surface area contributed by atoms with E-state index in [1.165, 1.54) is 0 Å². The van der Waals surface area contributed by atoms with Crippen molar-refractivity contribution in [2.75, 3.05) is 13.2 Å². The average molecular weight is 256 g/mol. The zero-order valence-corrected chi connectivity index (χ0v) is 13.1. The summed E-state index contributed by atoms with van der Waals surface area (Å²) in [4.78, 5) is 0. The molecule has 0 saturated heterocycles. The van der Waals surface area contributed by atoms with E-state index in [1.54, 1.807) is 0 Å². The predicted octanol–water partition coefficient (Wildman–Crippen LogP) is 3.56. The Morgan fingerprint density at radius 2 is 1.65 bits per heavy atom. The van der Waals surface area contributed by atoms with Crippen molar-refractivity contribution in [1.82, 2.24) is 0 Å². The normalized spacial score (nSPS) is 12.1. The smallest absolute Gasteiger partial charge is 0.191 e. The minimum Gasteiger partial charge on any atom is -0.417 e. The van der Waals surface area contributed by atoms with Gasteiger partial charge in [0.2, 0.25) is 0 Å². The quantitative estimate of drug-likeness (QED) is 0.447. The highest BCUT2D eigenvalue weighted by atomic mass is 28.4. The van der Waals surface area contributed by atoms with Gasteiger partial charge in [0.15, 0.2) is 8.32 Å². The second kappa shape index (κ2) is 7.92. The van der Waals surface area contributed by atoms with E-state index >= 15 is 0 Å². The van der Waals surface area contributed by atoms with Crippen molar-refractivity contribution in [2.24, 2.45) is 0 Å².